The quantitative estimate of drug-likeness (QED) is 0.655. The third-order valence-corrected chi connectivity index (χ3v) is 9.11. The van der Waals surface area contributed by atoms with Gasteiger partial charge in [-0.2, -0.15) is 0 Å². The van der Waals surface area contributed by atoms with Gasteiger partial charge in [0.25, 0.3) is 0 Å². The molecular weight excluding hydrogens is 416 g/mol. The molecule has 0 aliphatic heterocycles. The Morgan fingerprint density at radius 2 is 1.82 bits per heavy atom. The van der Waals surface area contributed by atoms with Crippen molar-refractivity contribution < 1.29 is 16.8 Å². The normalized spacial score (nSPS) is 15.3. The second-order valence-electron chi connectivity index (χ2n) is 6.99. The van der Waals surface area contributed by atoms with E-state index in [1.54, 1.807) is 12.1 Å². The Morgan fingerprint density at radius 1 is 1.11 bits per heavy atom. The molecule has 1 aliphatic rings. The van der Waals surface area contributed by atoms with E-state index in [4.69, 9.17) is 0 Å². The van der Waals surface area contributed by atoms with E-state index < -0.39 is 19.7 Å². The first-order valence-corrected chi connectivity index (χ1v) is 13.3. The van der Waals surface area contributed by atoms with Gasteiger partial charge in [-0.3, -0.25) is 0 Å². The second kappa shape index (κ2) is 8.34. The summed E-state index contributed by atoms with van der Waals surface area (Å²) in [5.74, 6) is 0. The molecule has 9 heteroatoms. The van der Waals surface area contributed by atoms with Crippen LogP contribution in [0, 0.1) is 6.92 Å². The summed E-state index contributed by atoms with van der Waals surface area (Å²) in [4.78, 5) is 4.08. The molecule has 0 spiro atoms. The smallest absolute Gasteiger partial charge is 0.226 e. The highest BCUT2D eigenvalue weighted by atomic mass is 32.2. The molecule has 0 saturated heterocycles. The summed E-state index contributed by atoms with van der Waals surface area (Å²) < 4.78 is 49.8. The number of hydrogen-bond acceptors (Lipinski definition) is 7. The molecule has 0 fully saturated rings. The molecule has 152 valence electrons. The Kier molecular flexibility index (Phi) is 6.26. The van der Waals surface area contributed by atoms with Crippen LogP contribution < -0.4 is 5.32 Å². The molecule has 1 heterocycles. The number of anilines is 1. The number of rotatable bonds is 7. The maximum absolute atomic E-state index is 13.1. The van der Waals surface area contributed by atoms with E-state index in [1.807, 2.05) is 6.92 Å². The number of allylic oxidation sites excluding steroid dienone is 1. The SMILES string of the molecule is Cc1ccc(S(=O)(=O)c2nc(S(C)(=O)=O)sc2NCCC2=CCCCC2)cc1. The van der Waals surface area contributed by atoms with Crippen LogP contribution in [-0.2, 0) is 19.7 Å². The van der Waals surface area contributed by atoms with E-state index in [0.717, 1.165) is 42.4 Å². The fraction of sp³-hybridized carbons (Fsp3) is 0.421. The average Bonchev–Trinajstić information content (AvgIpc) is 3.08. The number of thiazole rings is 1. The van der Waals surface area contributed by atoms with Gasteiger partial charge in [-0.25, -0.2) is 21.8 Å². The van der Waals surface area contributed by atoms with Crippen molar-refractivity contribution in [1.82, 2.24) is 4.98 Å². The molecule has 6 nitrogen and oxygen atoms in total. The maximum Gasteiger partial charge on any atom is 0.226 e. The van der Waals surface area contributed by atoms with E-state index in [0.29, 0.717) is 6.54 Å². The monoisotopic (exact) mass is 440 g/mol. The lowest BCUT2D eigenvalue weighted by Crippen LogP contribution is -2.09. The van der Waals surface area contributed by atoms with Gasteiger partial charge in [0.05, 0.1) is 4.90 Å². The van der Waals surface area contributed by atoms with Crippen molar-refractivity contribution in [3.05, 3.63) is 41.5 Å². The van der Waals surface area contributed by atoms with Crippen LogP contribution in [0.25, 0.3) is 0 Å². The third kappa shape index (κ3) is 4.82. The highest BCUT2D eigenvalue weighted by Gasteiger charge is 2.29. The molecule has 1 aliphatic carbocycles. The molecular formula is C19H24N2O4S3. The number of aromatic nitrogens is 1. The molecule has 0 saturated carbocycles. The summed E-state index contributed by atoms with van der Waals surface area (Å²) >= 11 is 0.869. The van der Waals surface area contributed by atoms with Crippen LogP contribution in [-0.4, -0.2) is 34.6 Å². The van der Waals surface area contributed by atoms with E-state index in [-0.39, 0.29) is 19.3 Å². The van der Waals surface area contributed by atoms with E-state index >= 15 is 0 Å². The predicted octanol–water partition coefficient (Wildman–Crippen LogP) is 3.99. The first-order valence-electron chi connectivity index (χ1n) is 9.12. The Morgan fingerprint density at radius 3 is 2.43 bits per heavy atom. The molecule has 0 amide bonds. The molecule has 0 unspecified atom stereocenters. The first-order chi connectivity index (χ1) is 13.2. The summed E-state index contributed by atoms with van der Waals surface area (Å²) in [6, 6.07) is 6.44. The lowest BCUT2D eigenvalue weighted by atomic mass is 9.97. The van der Waals surface area contributed by atoms with Crippen LogP contribution in [0.5, 0.6) is 0 Å². The van der Waals surface area contributed by atoms with Crippen molar-refractivity contribution in [2.45, 2.75) is 53.3 Å². The Bertz CT molecular complexity index is 1080. The minimum atomic E-state index is -3.92. The molecule has 0 radical (unpaired) electrons. The van der Waals surface area contributed by atoms with Crippen LogP contribution in [0.2, 0.25) is 0 Å². The van der Waals surface area contributed by atoms with Crippen LogP contribution in [0.1, 0.15) is 37.7 Å². The number of sulfone groups is 2. The van der Waals surface area contributed by atoms with Crippen LogP contribution in [0.4, 0.5) is 5.00 Å². The Hall–Kier alpha value is -1.71. The predicted molar refractivity (Wildman–Crippen MR) is 112 cm³/mol. The van der Waals surface area contributed by atoms with Crippen molar-refractivity contribution in [1.29, 1.82) is 0 Å². The number of aryl methyl sites for hydroxylation is 1. The molecule has 3 rings (SSSR count). The van der Waals surface area contributed by atoms with E-state index in [9.17, 15) is 16.8 Å². The fourth-order valence-electron chi connectivity index (χ4n) is 3.04. The van der Waals surface area contributed by atoms with Crippen molar-refractivity contribution in [3.8, 4) is 0 Å². The Balaban J connectivity index is 1.91. The molecule has 28 heavy (non-hydrogen) atoms. The number of benzene rings is 1. The Labute approximate surface area is 170 Å². The zero-order valence-electron chi connectivity index (χ0n) is 15.9. The topological polar surface area (TPSA) is 93.2 Å². The van der Waals surface area contributed by atoms with Gasteiger partial charge in [0, 0.05) is 12.8 Å². The lowest BCUT2D eigenvalue weighted by molar-refractivity contribution is 0.591. The highest BCUT2D eigenvalue weighted by molar-refractivity contribution is 7.93. The molecule has 0 atom stereocenters. The number of hydrogen-bond donors (Lipinski definition) is 1. The van der Waals surface area contributed by atoms with Crippen molar-refractivity contribution in [2.75, 3.05) is 18.1 Å². The van der Waals surface area contributed by atoms with Gasteiger partial charge in [0.15, 0.2) is 5.03 Å². The number of nitrogens with one attached hydrogen (secondary N) is 1. The summed E-state index contributed by atoms with van der Waals surface area (Å²) in [6.45, 7) is 2.40. The summed E-state index contributed by atoms with van der Waals surface area (Å²) in [5, 5.41) is 3.16. The number of nitrogens with zero attached hydrogens (tertiary/aromatic N) is 1. The van der Waals surface area contributed by atoms with Gasteiger partial charge in [0.1, 0.15) is 5.00 Å². The van der Waals surface area contributed by atoms with Gasteiger partial charge in [0.2, 0.25) is 24.0 Å². The largest absolute Gasteiger partial charge is 0.374 e. The van der Waals surface area contributed by atoms with Crippen LogP contribution in [0.15, 0.2) is 50.2 Å². The standard InChI is InChI=1S/C19H24N2O4S3/c1-14-8-10-16(11-9-14)28(24,25)18-17(26-19(21-18)27(2,22)23)20-13-12-15-6-4-3-5-7-15/h6,8-11,20H,3-5,7,12-13H2,1-2H3. The second-order valence-corrected chi connectivity index (χ2v) is 12.0. The van der Waals surface area contributed by atoms with Gasteiger partial charge in [-0.05, 0) is 51.2 Å². The van der Waals surface area contributed by atoms with Crippen LogP contribution >= 0.6 is 11.3 Å². The maximum atomic E-state index is 13.1. The third-order valence-electron chi connectivity index (χ3n) is 4.60. The van der Waals surface area contributed by atoms with Crippen molar-refractivity contribution >= 4 is 36.0 Å². The molecule has 0 bridgehead atoms. The fourth-order valence-corrected chi connectivity index (χ4v) is 6.58. The lowest BCUT2D eigenvalue weighted by Gasteiger charge is -2.13. The highest BCUT2D eigenvalue weighted by Crippen LogP contribution is 2.35. The van der Waals surface area contributed by atoms with E-state index in [1.165, 1.54) is 30.5 Å². The minimum absolute atomic E-state index is 0.0986. The van der Waals surface area contributed by atoms with Crippen molar-refractivity contribution in [2.24, 2.45) is 0 Å². The summed E-state index contributed by atoms with van der Waals surface area (Å²) in [5.41, 5.74) is 2.29. The van der Waals surface area contributed by atoms with Gasteiger partial charge in [-0.1, -0.05) is 40.7 Å². The summed E-state index contributed by atoms with van der Waals surface area (Å²) in [7, 11) is -7.53. The molecule has 1 aromatic carbocycles. The van der Waals surface area contributed by atoms with E-state index in [2.05, 4.69) is 16.4 Å². The van der Waals surface area contributed by atoms with Gasteiger partial charge >= 0.3 is 0 Å². The molecule has 1 aromatic heterocycles. The van der Waals surface area contributed by atoms with Crippen LogP contribution in [0.3, 0.4) is 0 Å². The first kappa shape index (κ1) is 21.0. The van der Waals surface area contributed by atoms with Crippen molar-refractivity contribution in [3.63, 3.8) is 0 Å². The zero-order valence-corrected chi connectivity index (χ0v) is 18.4. The van der Waals surface area contributed by atoms with Gasteiger partial charge in [-0.15, -0.1) is 0 Å². The minimum Gasteiger partial charge on any atom is -0.374 e. The molecule has 2 aromatic rings. The summed E-state index contributed by atoms with van der Waals surface area (Å²) in [6.07, 6.45) is 8.61. The molecule has 1 N–H and O–H groups in total. The van der Waals surface area contributed by atoms with Gasteiger partial charge < -0.3 is 5.32 Å². The average molecular weight is 441 g/mol. The zero-order chi connectivity index (χ0) is 20.4.